The molecule has 2 saturated heterocycles. The van der Waals surface area contributed by atoms with Crippen molar-refractivity contribution < 1.29 is 9.47 Å². The van der Waals surface area contributed by atoms with Gasteiger partial charge in [-0.25, -0.2) is 0 Å². The van der Waals surface area contributed by atoms with Crippen LogP contribution in [0.25, 0.3) is 0 Å². The summed E-state index contributed by atoms with van der Waals surface area (Å²) >= 11 is 0. The van der Waals surface area contributed by atoms with E-state index in [-0.39, 0.29) is 0 Å². The number of benzene rings is 1. The number of hydrogen-bond donors (Lipinski definition) is 1. The van der Waals surface area contributed by atoms with Crippen molar-refractivity contribution >= 4 is 5.69 Å². The van der Waals surface area contributed by atoms with Gasteiger partial charge in [-0.3, -0.25) is 4.90 Å². The molecule has 2 heterocycles. The van der Waals surface area contributed by atoms with Crippen molar-refractivity contribution in [3.05, 3.63) is 29.8 Å². The van der Waals surface area contributed by atoms with Gasteiger partial charge in [0.05, 0.1) is 25.9 Å². The summed E-state index contributed by atoms with van der Waals surface area (Å²) < 4.78 is 11.4. The first-order valence-electron chi connectivity index (χ1n) is 9.37. The molecule has 4 rings (SSSR count). The van der Waals surface area contributed by atoms with Crippen LogP contribution in [-0.2, 0) is 16.0 Å². The maximum Gasteiger partial charge on any atom is 0.0826 e. The van der Waals surface area contributed by atoms with Crippen LogP contribution in [0.4, 0.5) is 5.69 Å². The number of ether oxygens (including phenoxy) is 2. The minimum absolute atomic E-state index is 0.329. The fourth-order valence-electron chi connectivity index (χ4n) is 3.78. The van der Waals surface area contributed by atoms with Gasteiger partial charge in [0, 0.05) is 51.0 Å². The Balaban J connectivity index is 1.29. The molecule has 2 aliphatic heterocycles. The van der Waals surface area contributed by atoms with Crippen molar-refractivity contribution in [1.82, 2.24) is 10.2 Å². The first-order chi connectivity index (χ1) is 11.9. The molecule has 1 aromatic rings. The summed E-state index contributed by atoms with van der Waals surface area (Å²) in [4.78, 5) is 5.05. The molecule has 24 heavy (non-hydrogen) atoms. The van der Waals surface area contributed by atoms with E-state index in [1.54, 1.807) is 0 Å². The second-order valence-electron chi connectivity index (χ2n) is 7.08. The molecular weight excluding hydrogens is 302 g/mol. The van der Waals surface area contributed by atoms with Crippen LogP contribution < -0.4 is 10.2 Å². The topological polar surface area (TPSA) is 37.0 Å². The van der Waals surface area contributed by atoms with E-state index < -0.39 is 0 Å². The van der Waals surface area contributed by atoms with Crippen LogP contribution in [-0.4, -0.2) is 69.6 Å². The van der Waals surface area contributed by atoms with Crippen molar-refractivity contribution in [2.24, 2.45) is 0 Å². The summed E-state index contributed by atoms with van der Waals surface area (Å²) in [5.74, 6) is 0. The second-order valence-corrected chi connectivity index (χ2v) is 7.08. The average molecular weight is 331 g/mol. The summed E-state index contributed by atoms with van der Waals surface area (Å²) in [6.45, 7) is 8.54. The molecule has 1 aliphatic carbocycles. The van der Waals surface area contributed by atoms with Crippen LogP contribution in [0.2, 0.25) is 0 Å². The third-order valence-electron chi connectivity index (χ3n) is 5.26. The molecule has 1 saturated carbocycles. The number of anilines is 1. The van der Waals surface area contributed by atoms with Gasteiger partial charge in [0.2, 0.25) is 0 Å². The van der Waals surface area contributed by atoms with Gasteiger partial charge in [-0.15, -0.1) is 0 Å². The Morgan fingerprint density at radius 2 is 1.88 bits per heavy atom. The molecule has 1 aromatic carbocycles. The highest BCUT2D eigenvalue weighted by Crippen LogP contribution is 2.28. The molecule has 0 unspecified atom stereocenters. The first-order valence-corrected chi connectivity index (χ1v) is 9.37. The van der Waals surface area contributed by atoms with Gasteiger partial charge < -0.3 is 19.7 Å². The third kappa shape index (κ3) is 4.09. The van der Waals surface area contributed by atoms with Crippen molar-refractivity contribution in [1.29, 1.82) is 0 Å². The highest BCUT2D eigenvalue weighted by Gasteiger charge is 2.32. The Bertz CT molecular complexity index is 529. The zero-order valence-electron chi connectivity index (χ0n) is 14.5. The van der Waals surface area contributed by atoms with Crippen LogP contribution in [0.3, 0.4) is 0 Å². The van der Waals surface area contributed by atoms with Crippen LogP contribution in [0, 0.1) is 0 Å². The van der Waals surface area contributed by atoms with E-state index in [1.165, 1.54) is 24.1 Å². The summed E-state index contributed by atoms with van der Waals surface area (Å²) in [7, 11) is 0. The summed E-state index contributed by atoms with van der Waals surface area (Å²) in [6.07, 6.45) is 3.09. The summed E-state index contributed by atoms with van der Waals surface area (Å²) in [5, 5.41) is 3.62. The molecule has 1 atom stereocenters. The number of rotatable bonds is 6. The molecule has 5 nitrogen and oxygen atoms in total. The lowest BCUT2D eigenvalue weighted by Crippen LogP contribution is -2.47. The van der Waals surface area contributed by atoms with Crippen molar-refractivity contribution in [3.63, 3.8) is 0 Å². The number of nitrogens with one attached hydrogen (secondary N) is 1. The zero-order valence-corrected chi connectivity index (χ0v) is 14.5. The lowest BCUT2D eigenvalue weighted by Gasteiger charge is -2.33. The molecule has 0 amide bonds. The van der Waals surface area contributed by atoms with Crippen molar-refractivity contribution in [3.8, 4) is 0 Å². The van der Waals surface area contributed by atoms with E-state index in [1.807, 2.05) is 0 Å². The van der Waals surface area contributed by atoms with E-state index >= 15 is 0 Å². The quantitative estimate of drug-likeness (QED) is 0.854. The maximum atomic E-state index is 5.94. The summed E-state index contributed by atoms with van der Waals surface area (Å²) in [6, 6.07) is 9.57. The molecule has 0 spiro atoms. The number of para-hydroxylation sites is 1. The Hall–Kier alpha value is -1.14. The minimum atomic E-state index is 0.329. The molecule has 0 radical (unpaired) electrons. The van der Waals surface area contributed by atoms with Gasteiger partial charge in [-0.05, 0) is 24.5 Å². The van der Waals surface area contributed by atoms with Crippen LogP contribution in [0.15, 0.2) is 24.3 Å². The Labute approximate surface area is 144 Å². The van der Waals surface area contributed by atoms with E-state index in [0.29, 0.717) is 6.10 Å². The first kappa shape index (κ1) is 16.3. The normalized spacial score (nSPS) is 25.8. The van der Waals surface area contributed by atoms with E-state index in [9.17, 15) is 0 Å². The zero-order chi connectivity index (χ0) is 16.2. The molecule has 0 bridgehead atoms. The lowest BCUT2D eigenvalue weighted by atomic mass is 10.1. The highest BCUT2D eigenvalue weighted by atomic mass is 16.5. The van der Waals surface area contributed by atoms with Crippen molar-refractivity contribution in [2.75, 3.05) is 57.4 Å². The minimum Gasteiger partial charge on any atom is -0.378 e. The van der Waals surface area contributed by atoms with E-state index in [2.05, 4.69) is 39.4 Å². The highest BCUT2D eigenvalue weighted by molar-refractivity contribution is 5.53. The number of nitrogens with zero attached hydrogens (tertiary/aromatic N) is 2. The predicted molar refractivity (Wildman–Crippen MR) is 95.5 cm³/mol. The standard InChI is InChI=1S/C19H29N3O2/c1-2-4-19(21-7-10-23-11-8-21)16(3-1)13-20-14-18-15-22(9-12-24-18)17-5-6-17/h1-4,17-18,20H,5-15H2/t18-/m0/s1. The Morgan fingerprint density at radius 1 is 1.04 bits per heavy atom. The van der Waals surface area contributed by atoms with Gasteiger partial charge in [-0.2, -0.15) is 0 Å². The van der Waals surface area contributed by atoms with Crippen LogP contribution in [0.1, 0.15) is 18.4 Å². The fraction of sp³-hybridized carbons (Fsp3) is 0.684. The average Bonchev–Trinajstić information content (AvgIpc) is 3.48. The summed E-state index contributed by atoms with van der Waals surface area (Å²) in [5.41, 5.74) is 2.71. The number of hydrogen-bond acceptors (Lipinski definition) is 5. The van der Waals surface area contributed by atoms with Crippen molar-refractivity contribution in [2.45, 2.75) is 31.5 Å². The van der Waals surface area contributed by atoms with Gasteiger partial charge in [0.15, 0.2) is 0 Å². The largest absolute Gasteiger partial charge is 0.378 e. The molecule has 3 aliphatic rings. The maximum absolute atomic E-state index is 5.94. The fourth-order valence-corrected chi connectivity index (χ4v) is 3.78. The molecule has 5 heteroatoms. The predicted octanol–water partition coefficient (Wildman–Crippen LogP) is 1.48. The monoisotopic (exact) mass is 331 g/mol. The third-order valence-corrected chi connectivity index (χ3v) is 5.26. The van der Waals surface area contributed by atoms with Gasteiger partial charge in [0.1, 0.15) is 0 Å². The molecule has 0 aromatic heterocycles. The van der Waals surface area contributed by atoms with Gasteiger partial charge in [0.25, 0.3) is 0 Å². The van der Waals surface area contributed by atoms with Gasteiger partial charge >= 0.3 is 0 Å². The SMILES string of the molecule is c1ccc(N2CCOCC2)c(CNC[C@H]2CN(C3CC3)CCO2)c1. The molecule has 3 fully saturated rings. The second kappa shape index (κ2) is 7.83. The van der Waals surface area contributed by atoms with Gasteiger partial charge in [-0.1, -0.05) is 18.2 Å². The molecular formula is C19H29N3O2. The molecule has 1 N–H and O–H groups in total. The van der Waals surface area contributed by atoms with Crippen LogP contribution >= 0.6 is 0 Å². The Morgan fingerprint density at radius 3 is 2.71 bits per heavy atom. The number of morpholine rings is 2. The lowest BCUT2D eigenvalue weighted by molar-refractivity contribution is -0.0301. The van der Waals surface area contributed by atoms with Crippen LogP contribution in [0.5, 0.6) is 0 Å². The smallest absolute Gasteiger partial charge is 0.0826 e. The van der Waals surface area contributed by atoms with E-state index in [4.69, 9.17) is 9.47 Å². The van der Waals surface area contributed by atoms with E-state index in [0.717, 1.165) is 65.1 Å². The molecule has 132 valence electrons. The Kier molecular flexibility index (Phi) is 5.33.